The summed E-state index contributed by atoms with van der Waals surface area (Å²) in [6.07, 6.45) is 0.475. The van der Waals surface area contributed by atoms with Crippen LogP contribution in [0, 0.1) is 0 Å². The summed E-state index contributed by atoms with van der Waals surface area (Å²) in [5, 5.41) is 8.27. The number of carboxylic acid groups (broad SMARTS) is 1. The van der Waals surface area contributed by atoms with Crippen molar-refractivity contribution in [1.82, 2.24) is 4.90 Å². The number of sulfone groups is 1. The number of carbonyl (C=O) groups is 1. The second kappa shape index (κ2) is 5.18. The van der Waals surface area contributed by atoms with Gasteiger partial charge in [0.25, 0.3) is 0 Å². The zero-order chi connectivity index (χ0) is 10.5. The molecular weight excluding hydrogens is 194 g/mol. The minimum Gasteiger partial charge on any atom is -0.480 e. The van der Waals surface area contributed by atoms with E-state index in [-0.39, 0.29) is 5.75 Å². The Balaban J connectivity index is 3.84. The van der Waals surface area contributed by atoms with Gasteiger partial charge < -0.3 is 10.0 Å². The Labute approximate surface area is 78.3 Å². The molecule has 0 saturated carbocycles. The molecule has 0 fully saturated rings. The Kier molecular flexibility index (Phi) is 4.94. The van der Waals surface area contributed by atoms with E-state index >= 15 is 0 Å². The minimum atomic E-state index is -3.40. The summed E-state index contributed by atoms with van der Waals surface area (Å²) in [5.41, 5.74) is 0. The summed E-state index contributed by atoms with van der Waals surface area (Å²) >= 11 is 0. The lowest BCUT2D eigenvalue weighted by Gasteiger charge is -2.08. The quantitative estimate of drug-likeness (QED) is 0.634. The highest BCUT2D eigenvalue weighted by Gasteiger charge is 2.14. The van der Waals surface area contributed by atoms with Crippen molar-refractivity contribution in [1.29, 1.82) is 0 Å². The molecule has 1 N–H and O–H groups in total. The van der Waals surface area contributed by atoms with Crippen molar-refractivity contribution >= 4 is 15.8 Å². The van der Waals surface area contributed by atoms with Crippen LogP contribution in [0.15, 0.2) is 0 Å². The SMILES string of the molecule is CN(C)CCCS(=O)(=O)CC(=O)O. The lowest BCUT2D eigenvalue weighted by molar-refractivity contribution is -0.134. The van der Waals surface area contributed by atoms with Gasteiger partial charge in [0.1, 0.15) is 5.75 Å². The topological polar surface area (TPSA) is 74.7 Å². The first-order valence-corrected chi connectivity index (χ1v) is 5.72. The van der Waals surface area contributed by atoms with Crippen LogP contribution in [0.3, 0.4) is 0 Å². The van der Waals surface area contributed by atoms with Gasteiger partial charge in [0.15, 0.2) is 9.84 Å². The monoisotopic (exact) mass is 209 g/mol. The van der Waals surface area contributed by atoms with Gasteiger partial charge in [-0.1, -0.05) is 0 Å². The molecule has 0 aromatic carbocycles. The highest BCUT2D eigenvalue weighted by Crippen LogP contribution is 1.94. The molecule has 0 heterocycles. The molecule has 0 aromatic heterocycles. The molecule has 0 amide bonds. The average molecular weight is 209 g/mol. The third kappa shape index (κ3) is 7.73. The molecule has 0 saturated heterocycles. The summed E-state index contributed by atoms with van der Waals surface area (Å²) in [4.78, 5) is 12.0. The van der Waals surface area contributed by atoms with Crippen molar-refractivity contribution < 1.29 is 18.3 Å². The fraction of sp³-hybridized carbons (Fsp3) is 0.857. The first kappa shape index (κ1) is 12.4. The molecule has 0 bridgehead atoms. The largest absolute Gasteiger partial charge is 0.480 e. The fourth-order valence-corrected chi connectivity index (χ4v) is 1.95. The third-order valence-electron chi connectivity index (χ3n) is 1.40. The molecule has 78 valence electrons. The molecular formula is C7H15NO4S. The Morgan fingerprint density at radius 2 is 1.92 bits per heavy atom. The molecule has 0 aromatic rings. The number of hydrogen-bond acceptors (Lipinski definition) is 4. The van der Waals surface area contributed by atoms with Crippen LogP contribution in [0.4, 0.5) is 0 Å². The van der Waals surface area contributed by atoms with E-state index in [1.54, 1.807) is 0 Å². The summed E-state index contributed by atoms with van der Waals surface area (Å²) in [7, 11) is 0.272. The molecule has 0 atom stereocenters. The Bertz CT molecular complexity index is 258. The summed E-state index contributed by atoms with van der Waals surface area (Å²) < 4.78 is 22.0. The van der Waals surface area contributed by atoms with Crippen molar-refractivity contribution in [2.75, 3.05) is 32.1 Å². The predicted octanol–water partition coefficient (Wildman–Crippen LogP) is -0.562. The van der Waals surface area contributed by atoms with Gasteiger partial charge in [-0.3, -0.25) is 4.79 Å². The highest BCUT2D eigenvalue weighted by molar-refractivity contribution is 7.92. The van der Waals surface area contributed by atoms with Crippen molar-refractivity contribution in [3.63, 3.8) is 0 Å². The van der Waals surface area contributed by atoms with Gasteiger partial charge in [-0.25, -0.2) is 8.42 Å². The van der Waals surface area contributed by atoms with Crippen LogP contribution < -0.4 is 0 Å². The molecule has 6 heteroatoms. The Morgan fingerprint density at radius 3 is 2.31 bits per heavy atom. The van der Waals surface area contributed by atoms with E-state index in [0.29, 0.717) is 13.0 Å². The van der Waals surface area contributed by atoms with Crippen LogP contribution in [0.1, 0.15) is 6.42 Å². The van der Waals surface area contributed by atoms with E-state index < -0.39 is 21.6 Å². The van der Waals surface area contributed by atoms with Gasteiger partial charge >= 0.3 is 5.97 Å². The van der Waals surface area contributed by atoms with Gasteiger partial charge in [0, 0.05) is 0 Å². The van der Waals surface area contributed by atoms with Crippen molar-refractivity contribution in [3.8, 4) is 0 Å². The Morgan fingerprint density at radius 1 is 1.38 bits per heavy atom. The van der Waals surface area contributed by atoms with Gasteiger partial charge in [0.05, 0.1) is 5.75 Å². The predicted molar refractivity (Wildman–Crippen MR) is 49.5 cm³/mol. The number of nitrogens with zero attached hydrogens (tertiary/aromatic N) is 1. The molecule has 0 radical (unpaired) electrons. The van der Waals surface area contributed by atoms with Crippen LogP contribution in [0.5, 0.6) is 0 Å². The van der Waals surface area contributed by atoms with Crippen LogP contribution >= 0.6 is 0 Å². The van der Waals surface area contributed by atoms with E-state index in [1.807, 2.05) is 19.0 Å². The zero-order valence-electron chi connectivity index (χ0n) is 7.86. The second-order valence-electron chi connectivity index (χ2n) is 3.14. The van der Waals surface area contributed by atoms with Crippen LogP contribution in [-0.4, -0.2) is 56.5 Å². The molecule has 5 nitrogen and oxygen atoms in total. The maximum atomic E-state index is 11.0. The summed E-state index contributed by atoms with van der Waals surface area (Å²) in [5.74, 6) is -2.11. The smallest absolute Gasteiger partial charge is 0.318 e. The zero-order valence-corrected chi connectivity index (χ0v) is 8.67. The second-order valence-corrected chi connectivity index (χ2v) is 5.33. The number of hydrogen-bond donors (Lipinski definition) is 1. The minimum absolute atomic E-state index is 0.0581. The standard InChI is InChI=1S/C7H15NO4S/c1-8(2)4-3-5-13(11,12)6-7(9)10/h3-6H2,1-2H3,(H,9,10). The summed E-state index contributed by atoms with van der Waals surface area (Å²) in [6.45, 7) is 0.652. The first-order valence-electron chi connectivity index (χ1n) is 3.90. The lowest BCUT2D eigenvalue weighted by Crippen LogP contribution is -2.21. The normalized spacial score (nSPS) is 11.9. The Hall–Kier alpha value is -0.620. The molecule has 0 aliphatic heterocycles. The van der Waals surface area contributed by atoms with Crippen LogP contribution in [-0.2, 0) is 14.6 Å². The average Bonchev–Trinajstić information content (AvgIpc) is 1.81. The van der Waals surface area contributed by atoms with Crippen molar-refractivity contribution in [2.24, 2.45) is 0 Å². The van der Waals surface area contributed by atoms with Gasteiger partial charge in [0.2, 0.25) is 0 Å². The van der Waals surface area contributed by atoms with Crippen LogP contribution in [0.2, 0.25) is 0 Å². The number of carboxylic acids is 1. The maximum Gasteiger partial charge on any atom is 0.318 e. The van der Waals surface area contributed by atoms with E-state index in [9.17, 15) is 13.2 Å². The lowest BCUT2D eigenvalue weighted by atomic mass is 10.5. The van der Waals surface area contributed by atoms with Gasteiger partial charge in [-0.15, -0.1) is 0 Å². The van der Waals surface area contributed by atoms with Crippen molar-refractivity contribution in [3.05, 3.63) is 0 Å². The number of rotatable bonds is 6. The summed E-state index contributed by atoms with van der Waals surface area (Å²) in [6, 6.07) is 0. The molecule has 0 spiro atoms. The van der Waals surface area contributed by atoms with E-state index in [1.165, 1.54) is 0 Å². The molecule has 0 aliphatic carbocycles. The molecule has 0 rings (SSSR count). The van der Waals surface area contributed by atoms with Crippen LogP contribution in [0.25, 0.3) is 0 Å². The van der Waals surface area contributed by atoms with Gasteiger partial charge in [-0.05, 0) is 27.1 Å². The maximum absolute atomic E-state index is 11.0. The molecule has 0 unspecified atom stereocenters. The molecule has 0 aliphatic rings. The third-order valence-corrected chi connectivity index (χ3v) is 3.00. The number of aliphatic carboxylic acids is 1. The van der Waals surface area contributed by atoms with E-state index in [0.717, 1.165) is 0 Å². The van der Waals surface area contributed by atoms with E-state index in [4.69, 9.17) is 5.11 Å². The first-order chi connectivity index (χ1) is 5.83. The fourth-order valence-electron chi connectivity index (χ4n) is 0.861. The van der Waals surface area contributed by atoms with E-state index in [2.05, 4.69) is 0 Å². The van der Waals surface area contributed by atoms with Gasteiger partial charge in [-0.2, -0.15) is 0 Å². The molecule has 13 heavy (non-hydrogen) atoms. The highest BCUT2D eigenvalue weighted by atomic mass is 32.2. The van der Waals surface area contributed by atoms with Crippen molar-refractivity contribution in [2.45, 2.75) is 6.42 Å².